The Morgan fingerprint density at radius 2 is 1.90 bits per heavy atom. The van der Waals surface area contributed by atoms with Crippen LogP contribution in [0, 0.1) is 18.3 Å². The molecule has 0 atom stereocenters. The van der Waals surface area contributed by atoms with E-state index in [1.807, 2.05) is 49.4 Å². The molecule has 0 saturated heterocycles. The molecule has 4 heteroatoms. The molecule has 2 aromatic carbocycles. The Labute approximate surface area is 124 Å². The summed E-state index contributed by atoms with van der Waals surface area (Å²) in [6.07, 6.45) is 0.270. The molecule has 0 aromatic heterocycles. The van der Waals surface area contributed by atoms with Crippen LogP contribution in [0.5, 0.6) is 0 Å². The van der Waals surface area contributed by atoms with Crippen molar-refractivity contribution < 1.29 is 4.79 Å². The van der Waals surface area contributed by atoms with E-state index in [4.69, 9.17) is 11.0 Å². The second-order valence-corrected chi connectivity index (χ2v) is 4.74. The number of aryl methyl sites for hydroxylation is 1. The molecule has 0 spiro atoms. The molecule has 0 unspecified atom stereocenters. The highest BCUT2D eigenvalue weighted by molar-refractivity contribution is 6.09. The summed E-state index contributed by atoms with van der Waals surface area (Å²) in [5, 5.41) is 8.80. The zero-order valence-electron chi connectivity index (χ0n) is 11.9. The van der Waals surface area contributed by atoms with E-state index < -0.39 is 0 Å². The van der Waals surface area contributed by atoms with Gasteiger partial charge in [-0.25, -0.2) is 0 Å². The van der Waals surface area contributed by atoms with E-state index in [9.17, 15) is 4.79 Å². The average molecular weight is 279 g/mol. The predicted molar refractivity (Wildman–Crippen MR) is 83.9 cm³/mol. The summed E-state index contributed by atoms with van der Waals surface area (Å²) in [5.74, 6) is -0.183. The summed E-state index contributed by atoms with van der Waals surface area (Å²) in [4.78, 5) is 14.4. The first-order valence-electron chi connectivity index (χ1n) is 6.74. The zero-order chi connectivity index (χ0) is 15.2. The third-order valence-corrected chi connectivity index (χ3v) is 3.31. The van der Waals surface area contributed by atoms with Crippen LogP contribution >= 0.6 is 0 Å². The number of carbonyl (C=O) groups excluding carboxylic acids is 1. The van der Waals surface area contributed by atoms with Crippen LogP contribution in [-0.4, -0.2) is 12.5 Å². The van der Waals surface area contributed by atoms with Crippen LogP contribution in [0.1, 0.15) is 22.3 Å². The van der Waals surface area contributed by atoms with Gasteiger partial charge in [0.1, 0.15) is 0 Å². The molecular weight excluding hydrogens is 262 g/mol. The molecule has 0 aliphatic rings. The van der Waals surface area contributed by atoms with Gasteiger partial charge in [0.05, 0.1) is 18.1 Å². The van der Waals surface area contributed by atoms with Crippen LogP contribution in [0.25, 0.3) is 0 Å². The lowest BCUT2D eigenvalue weighted by molar-refractivity contribution is 0.0988. The highest BCUT2D eigenvalue weighted by Crippen LogP contribution is 2.22. The molecule has 21 heavy (non-hydrogen) atoms. The number of rotatable bonds is 4. The molecule has 0 aliphatic carbocycles. The highest BCUT2D eigenvalue weighted by Gasteiger charge is 2.19. The minimum atomic E-state index is -0.183. The van der Waals surface area contributed by atoms with Crippen molar-refractivity contribution in [2.45, 2.75) is 13.3 Å². The Kier molecular flexibility index (Phi) is 4.57. The lowest BCUT2D eigenvalue weighted by Crippen LogP contribution is -2.32. The molecule has 106 valence electrons. The van der Waals surface area contributed by atoms with E-state index in [0.29, 0.717) is 17.8 Å². The molecular formula is C17H17N3O. The predicted octanol–water partition coefficient (Wildman–Crippen LogP) is 3.14. The minimum Gasteiger partial charge on any atom is -0.398 e. The van der Waals surface area contributed by atoms with Gasteiger partial charge in [0, 0.05) is 17.9 Å². The molecule has 4 nitrogen and oxygen atoms in total. The van der Waals surface area contributed by atoms with Crippen LogP contribution in [0.3, 0.4) is 0 Å². The number of hydrogen-bond acceptors (Lipinski definition) is 3. The Morgan fingerprint density at radius 1 is 1.19 bits per heavy atom. The van der Waals surface area contributed by atoms with Gasteiger partial charge in [0.25, 0.3) is 5.91 Å². The van der Waals surface area contributed by atoms with Crippen LogP contribution in [0.15, 0.2) is 48.5 Å². The fourth-order valence-corrected chi connectivity index (χ4v) is 2.13. The van der Waals surface area contributed by atoms with Crippen molar-refractivity contribution in [2.75, 3.05) is 17.2 Å². The van der Waals surface area contributed by atoms with Crippen molar-refractivity contribution in [3.05, 3.63) is 59.7 Å². The topological polar surface area (TPSA) is 70.1 Å². The number of para-hydroxylation sites is 2. The normalized spacial score (nSPS) is 9.90. The fraction of sp³-hybridized carbons (Fsp3) is 0.176. The number of carbonyl (C=O) groups is 1. The number of nitrogen functional groups attached to an aromatic ring is 1. The highest BCUT2D eigenvalue weighted by atomic mass is 16.2. The van der Waals surface area contributed by atoms with Gasteiger partial charge < -0.3 is 10.6 Å². The Hall–Kier alpha value is -2.80. The van der Waals surface area contributed by atoms with E-state index in [1.54, 1.807) is 11.0 Å². The number of nitrogens with two attached hydrogens (primary N) is 1. The molecule has 2 N–H and O–H groups in total. The van der Waals surface area contributed by atoms with Crippen LogP contribution in [-0.2, 0) is 0 Å². The van der Waals surface area contributed by atoms with Gasteiger partial charge >= 0.3 is 0 Å². The lowest BCUT2D eigenvalue weighted by atomic mass is 10.1. The van der Waals surface area contributed by atoms with E-state index in [-0.39, 0.29) is 12.3 Å². The number of hydrogen-bond donors (Lipinski definition) is 1. The van der Waals surface area contributed by atoms with Gasteiger partial charge in [-0.1, -0.05) is 30.3 Å². The fourth-order valence-electron chi connectivity index (χ4n) is 2.13. The average Bonchev–Trinajstić information content (AvgIpc) is 2.51. The number of nitrogens with zero attached hydrogens (tertiary/aromatic N) is 2. The van der Waals surface area contributed by atoms with Crippen LogP contribution in [0.2, 0.25) is 0 Å². The molecule has 1 amide bonds. The second-order valence-electron chi connectivity index (χ2n) is 4.74. The lowest BCUT2D eigenvalue weighted by Gasteiger charge is -2.23. The molecule has 0 radical (unpaired) electrons. The maximum Gasteiger partial charge on any atom is 0.260 e. The number of benzene rings is 2. The number of anilines is 2. The monoisotopic (exact) mass is 279 g/mol. The van der Waals surface area contributed by atoms with E-state index in [2.05, 4.69) is 6.07 Å². The first-order valence-corrected chi connectivity index (χ1v) is 6.74. The van der Waals surface area contributed by atoms with Crippen molar-refractivity contribution in [3.63, 3.8) is 0 Å². The van der Waals surface area contributed by atoms with Crippen molar-refractivity contribution in [2.24, 2.45) is 0 Å². The van der Waals surface area contributed by atoms with Gasteiger partial charge in [-0.2, -0.15) is 5.26 Å². The van der Waals surface area contributed by atoms with E-state index >= 15 is 0 Å². The summed E-state index contributed by atoms with van der Waals surface area (Å²) in [6, 6.07) is 16.8. The Balaban J connectivity index is 2.39. The molecule has 0 fully saturated rings. The quantitative estimate of drug-likeness (QED) is 0.874. The molecule has 0 aliphatic heterocycles. The standard InChI is InChI=1S/C17H17N3O/c1-13-7-5-10-15(16(13)19)17(21)20(12-6-11-18)14-8-3-2-4-9-14/h2-5,7-10H,6,12,19H2,1H3. The number of nitriles is 1. The molecule has 2 rings (SSSR count). The first kappa shape index (κ1) is 14.6. The van der Waals surface area contributed by atoms with Crippen molar-refractivity contribution in [1.29, 1.82) is 5.26 Å². The second kappa shape index (κ2) is 6.58. The Morgan fingerprint density at radius 3 is 2.57 bits per heavy atom. The minimum absolute atomic E-state index is 0.183. The Bertz CT molecular complexity index is 674. The molecule has 0 bridgehead atoms. The summed E-state index contributed by atoms with van der Waals surface area (Å²) >= 11 is 0. The van der Waals surface area contributed by atoms with Gasteiger partial charge in [0.15, 0.2) is 0 Å². The summed E-state index contributed by atoms with van der Waals surface area (Å²) in [6.45, 7) is 2.21. The summed E-state index contributed by atoms with van der Waals surface area (Å²) < 4.78 is 0. The van der Waals surface area contributed by atoms with E-state index in [1.165, 1.54) is 0 Å². The smallest absolute Gasteiger partial charge is 0.260 e. The van der Waals surface area contributed by atoms with Crippen molar-refractivity contribution >= 4 is 17.3 Å². The largest absolute Gasteiger partial charge is 0.398 e. The SMILES string of the molecule is Cc1cccc(C(=O)N(CCC#N)c2ccccc2)c1N. The summed E-state index contributed by atoms with van der Waals surface area (Å²) in [7, 11) is 0. The molecule has 2 aromatic rings. The van der Waals surface area contributed by atoms with Gasteiger partial charge in [-0.3, -0.25) is 4.79 Å². The molecule has 0 heterocycles. The van der Waals surface area contributed by atoms with Crippen LogP contribution in [0.4, 0.5) is 11.4 Å². The van der Waals surface area contributed by atoms with Gasteiger partial charge in [-0.05, 0) is 30.7 Å². The van der Waals surface area contributed by atoms with Gasteiger partial charge in [-0.15, -0.1) is 0 Å². The van der Waals surface area contributed by atoms with Crippen molar-refractivity contribution in [1.82, 2.24) is 0 Å². The third-order valence-electron chi connectivity index (χ3n) is 3.31. The number of amides is 1. The maximum atomic E-state index is 12.8. The zero-order valence-corrected chi connectivity index (χ0v) is 11.9. The van der Waals surface area contributed by atoms with Crippen LogP contribution < -0.4 is 10.6 Å². The van der Waals surface area contributed by atoms with Gasteiger partial charge in [0.2, 0.25) is 0 Å². The summed E-state index contributed by atoms with van der Waals surface area (Å²) in [5.41, 5.74) is 8.60. The maximum absolute atomic E-state index is 12.8. The third kappa shape index (κ3) is 3.21. The molecule has 0 saturated carbocycles. The van der Waals surface area contributed by atoms with Crippen molar-refractivity contribution in [3.8, 4) is 6.07 Å². The van der Waals surface area contributed by atoms with E-state index in [0.717, 1.165) is 11.3 Å². The first-order chi connectivity index (χ1) is 10.1.